The van der Waals surface area contributed by atoms with Gasteiger partial charge in [-0.25, -0.2) is 0 Å². The molecule has 2 heterocycles. The van der Waals surface area contributed by atoms with Gasteiger partial charge in [0.2, 0.25) is 0 Å². The van der Waals surface area contributed by atoms with Crippen LogP contribution in [0.3, 0.4) is 0 Å². The number of ether oxygens (including phenoxy) is 2. The molecule has 0 atom stereocenters. The molecule has 0 bridgehead atoms. The molecule has 7 nitrogen and oxygen atoms in total. The van der Waals surface area contributed by atoms with Crippen molar-refractivity contribution in [2.75, 3.05) is 32.6 Å². The summed E-state index contributed by atoms with van der Waals surface area (Å²) in [6.07, 6.45) is 4.60. The van der Waals surface area contributed by atoms with E-state index in [1.165, 1.54) is 20.4 Å². The molecule has 0 unspecified atom stereocenters. The summed E-state index contributed by atoms with van der Waals surface area (Å²) in [6.45, 7) is 3.27. The Morgan fingerprint density at radius 1 is 1.04 bits per heavy atom. The van der Waals surface area contributed by atoms with E-state index in [9.17, 15) is 9.59 Å². The molecule has 1 aromatic carbocycles. The number of nitrogens with zero attached hydrogens (tertiary/aromatic N) is 2. The van der Waals surface area contributed by atoms with Crippen molar-refractivity contribution in [1.29, 1.82) is 0 Å². The zero-order chi connectivity index (χ0) is 20.1. The van der Waals surface area contributed by atoms with Crippen LogP contribution in [0.4, 0.5) is 5.69 Å². The number of rotatable bonds is 5. The molecule has 0 radical (unpaired) electrons. The summed E-state index contributed by atoms with van der Waals surface area (Å²) in [5.74, 6) is 0.415. The van der Waals surface area contributed by atoms with Gasteiger partial charge in [0, 0.05) is 31.0 Å². The lowest BCUT2D eigenvalue weighted by atomic mass is 10.1. The molecule has 28 heavy (non-hydrogen) atoms. The van der Waals surface area contributed by atoms with E-state index in [2.05, 4.69) is 10.3 Å². The van der Waals surface area contributed by atoms with E-state index >= 15 is 0 Å². The van der Waals surface area contributed by atoms with Crippen LogP contribution in [0.25, 0.3) is 0 Å². The minimum Gasteiger partial charge on any atom is -0.493 e. The van der Waals surface area contributed by atoms with Crippen LogP contribution in [0.5, 0.6) is 11.5 Å². The van der Waals surface area contributed by atoms with Gasteiger partial charge in [0.15, 0.2) is 11.5 Å². The molecule has 1 N–H and O–H groups in total. The first-order valence-electron chi connectivity index (χ1n) is 9.32. The molecule has 0 saturated carbocycles. The Labute approximate surface area is 164 Å². The molecular formula is C21H25N3O4. The second-order valence-corrected chi connectivity index (χ2v) is 6.75. The first-order valence-corrected chi connectivity index (χ1v) is 9.32. The monoisotopic (exact) mass is 383 g/mol. The van der Waals surface area contributed by atoms with Gasteiger partial charge in [0.25, 0.3) is 11.8 Å². The topological polar surface area (TPSA) is 80.8 Å². The van der Waals surface area contributed by atoms with Crippen molar-refractivity contribution in [3.8, 4) is 11.5 Å². The highest BCUT2D eigenvalue weighted by Gasteiger charge is 2.24. The maximum atomic E-state index is 13.1. The number of aryl methyl sites for hydroxylation is 1. The molecule has 0 aliphatic carbocycles. The van der Waals surface area contributed by atoms with Crippen LogP contribution in [0, 0.1) is 6.92 Å². The number of piperidine rings is 1. The molecule has 1 fully saturated rings. The van der Waals surface area contributed by atoms with Crippen LogP contribution in [-0.2, 0) is 0 Å². The smallest absolute Gasteiger partial charge is 0.257 e. The van der Waals surface area contributed by atoms with E-state index in [0.29, 0.717) is 41.4 Å². The predicted octanol–water partition coefficient (Wildman–Crippen LogP) is 3.29. The molecule has 2 amide bonds. The predicted molar refractivity (Wildman–Crippen MR) is 106 cm³/mol. The van der Waals surface area contributed by atoms with Gasteiger partial charge < -0.3 is 19.7 Å². The van der Waals surface area contributed by atoms with Crippen LogP contribution in [-0.4, -0.2) is 49.0 Å². The SMILES string of the molecule is COc1cc(NC(=O)c2ccc(C)nc2)c(C(=O)N2CCCCC2)cc1OC. The lowest BCUT2D eigenvalue weighted by Gasteiger charge is -2.28. The van der Waals surface area contributed by atoms with Gasteiger partial charge in [0.1, 0.15) is 0 Å². The van der Waals surface area contributed by atoms with Gasteiger partial charge >= 0.3 is 0 Å². The Kier molecular flexibility index (Phi) is 6.13. The Morgan fingerprint density at radius 2 is 1.71 bits per heavy atom. The van der Waals surface area contributed by atoms with Crippen LogP contribution in [0.1, 0.15) is 45.7 Å². The average Bonchev–Trinajstić information content (AvgIpc) is 2.74. The highest BCUT2D eigenvalue weighted by atomic mass is 16.5. The highest BCUT2D eigenvalue weighted by Crippen LogP contribution is 2.34. The molecule has 2 aromatic rings. The Balaban J connectivity index is 1.96. The van der Waals surface area contributed by atoms with E-state index < -0.39 is 0 Å². The Morgan fingerprint density at radius 3 is 2.32 bits per heavy atom. The van der Waals surface area contributed by atoms with Gasteiger partial charge in [0.05, 0.1) is 31.0 Å². The first-order chi connectivity index (χ1) is 13.5. The van der Waals surface area contributed by atoms with Crippen molar-refractivity contribution in [2.45, 2.75) is 26.2 Å². The number of likely N-dealkylation sites (tertiary alicyclic amines) is 1. The van der Waals surface area contributed by atoms with Gasteiger partial charge in [-0.3, -0.25) is 14.6 Å². The minimum atomic E-state index is -0.340. The van der Waals surface area contributed by atoms with Gasteiger partial charge in [-0.1, -0.05) is 0 Å². The van der Waals surface area contributed by atoms with Gasteiger partial charge in [-0.15, -0.1) is 0 Å². The summed E-state index contributed by atoms with van der Waals surface area (Å²) in [5, 5.41) is 2.83. The molecule has 7 heteroatoms. The summed E-state index contributed by atoms with van der Waals surface area (Å²) in [7, 11) is 3.03. The van der Waals surface area contributed by atoms with Gasteiger partial charge in [-0.2, -0.15) is 0 Å². The van der Waals surface area contributed by atoms with Crippen LogP contribution in [0.15, 0.2) is 30.5 Å². The van der Waals surface area contributed by atoms with Gasteiger partial charge in [-0.05, 0) is 44.4 Å². The number of anilines is 1. The van der Waals surface area contributed by atoms with Crippen molar-refractivity contribution >= 4 is 17.5 Å². The van der Waals surface area contributed by atoms with Crippen molar-refractivity contribution in [1.82, 2.24) is 9.88 Å². The van der Waals surface area contributed by atoms with Crippen LogP contribution >= 0.6 is 0 Å². The second-order valence-electron chi connectivity index (χ2n) is 6.75. The van der Waals surface area contributed by atoms with E-state index in [4.69, 9.17) is 9.47 Å². The number of aromatic nitrogens is 1. The van der Waals surface area contributed by atoms with Crippen LogP contribution < -0.4 is 14.8 Å². The lowest BCUT2D eigenvalue weighted by Crippen LogP contribution is -2.36. The third-order valence-corrected chi connectivity index (χ3v) is 4.82. The Hall–Kier alpha value is -3.09. The third-order valence-electron chi connectivity index (χ3n) is 4.82. The van der Waals surface area contributed by atoms with Crippen molar-refractivity contribution in [3.63, 3.8) is 0 Å². The summed E-state index contributed by atoms with van der Waals surface area (Å²) < 4.78 is 10.7. The zero-order valence-corrected chi connectivity index (χ0v) is 16.4. The average molecular weight is 383 g/mol. The quantitative estimate of drug-likeness (QED) is 0.857. The van der Waals surface area contributed by atoms with E-state index in [-0.39, 0.29) is 11.8 Å². The molecular weight excluding hydrogens is 358 g/mol. The number of amides is 2. The number of carbonyl (C=O) groups is 2. The standard InChI is InChI=1S/C21H25N3O4/c1-14-7-8-15(13-22-14)20(25)23-17-12-19(28-3)18(27-2)11-16(17)21(26)24-9-5-4-6-10-24/h7-8,11-13H,4-6,9-10H2,1-3H3,(H,23,25). The first kappa shape index (κ1) is 19.7. The van der Waals surface area contributed by atoms with Crippen molar-refractivity contribution in [3.05, 3.63) is 47.3 Å². The maximum Gasteiger partial charge on any atom is 0.257 e. The van der Waals surface area contributed by atoms with Crippen LogP contribution in [0.2, 0.25) is 0 Å². The fourth-order valence-electron chi connectivity index (χ4n) is 3.22. The molecule has 1 saturated heterocycles. The lowest BCUT2D eigenvalue weighted by molar-refractivity contribution is 0.0725. The van der Waals surface area contributed by atoms with Crippen molar-refractivity contribution in [2.24, 2.45) is 0 Å². The summed E-state index contributed by atoms with van der Waals surface area (Å²) in [6, 6.07) is 6.71. The number of benzene rings is 1. The minimum absolute atomic E-state index is 0.127. The number of hydrogen-bond acceptors (Lipinski definition) is 5. The zero-order valence-electron chi connectivity index (χ0n) is 16.4. The van der Waals surface area contributed by atoms with E-state index in [1.807, 2.05) is 11.8 Å². The normalized spacial score (nSPS) is 13.8. The summed E-state index contributed by atoms with van der Waals surface area (Å²) >= 11 is 0. The Bertz CT molecular complexity index is 859. The molecule has 1 aromatic heterocycles. The van der Waals surface area contributed by atoms with Crippen molar-refractivity contribution < 1.29 is 19.1 Å². The fourth-order valence-corrected chi connectivity index (χ4v) is 3.22. The molecule has 1 aliphatic rings. The second kappa shape index (κ2) is 8.73. The number of hydrogen-bond donors (Lipinski definition) is 1. The number of carbonyl (C=O) groups excluding carboxylic acids is 2. The number of nitrogens with one attached hydrogen (secondary N) is 1. The summed E-state index contributed by atoms with van der Waals surface area (Å²) in [5.41, 5.74) is 2.01. The van der Waals surface area contributed by atoms with E-state index in [0.717, 1.165) is 25.0 Å². The number of pyridine rings is 1. The summed E-state index contributed by atoms with van der Waals surface area (Å²) in [4.78, 5) is 31.8. The highest BCUT2D eigenvalue weighted by molar-refractivity contribution is 6.09. The third kappa shape index (κ3) is 4.24. The number of methoxy groups -OCH3 is 2. The largest absolute Gasteiger partial charge is 0.493 e. The molecule has 148 valence electrons. The maximum absolute atomic E-state index is 13.1. The van der Waals surface area contributed by atoms with E-state index in [1.54, 1.807) is 24.3 Å². The molecule has 0 spiro atoms. The fraction of sp³-hybridized carbons (Fsp3) is 0.381. The molecule has 1 aliphatic heterocycles. The molecule has 3 rings (SSSR count).